The van der Waals surface area contributed by atoms with Crippen molar-refractivity contribution in [2.24, 2.45) is 0 Å². The summed E-state index contributed by atoms with van der Waals surface area (Å²) in [5, 5.41) is 15.2. The third-order valence-electron chi connectivity index (χ3n) is 6.80. The van der Waals surface area contributed by atoms with Crippen molar-refractivity contribution in [3.8, 4) is 11.8 Å². The maximum absolute atomic E-state index is 14.0. The highest BCUT2D eigenvalue weighted by Gasteiger charge is 2.33. The van der Waals surface area contributed by atoms with Crippen LogP contribution in [0.25, 0.3) is 11.8 Å². The number of carbonyl (C=O) groups excluding carboxylic acids is 2. The normalized spacial score (nSPS) is 14.7. The predicted octanol–water partition coefficient (Wildman–Crippen LogP) is 2.84. The molecule has 0 radical (unpaired) electrons. The molecule has 0 saturated carbocycles. The molecule has 4 heterocycles. The van der Waals surface area contributed by atoms with Gasteiger partial charge in [0.1, 0.15) is 0 Å². The van der Waals surface area contributed by atoms with Gasteiger partial charge in [0.25, 0.3) is 17.4 Å². The van der Waals surface area contributed by atoms with Gasteiger partial charge >= 0.3 is 0 Å². The third kappa shape index (κ3) is 4.76. The standard InChI is InChI=1S/C27H27BrN8O3/c1-14-10-18(6-7-20(14)28)25(38)34-13-22-19(12-16(34)3)26(39)35(23-9-8-21(31-32-23)24(37)29-5)27(30-22)36-17(4)11-15(2)33-36/h6-11,16H,12-13H2,1-5H3,(H,29,37)/t16-/m1/s1. The summed E-state index contributed by atoms with van der Waals surface area (Å²) >= 11 is 3.48. The SMILES string of the molecule is CNC(=O)c1ccc(-n2c(-n3nc(C)cc3C)nc3c(c2=O)C[C@@H](C)N(C(=O)c2ccc(Br)c(C)c2)C3)nn1. The van der Waals surface area contributed by atoms with Gasteiger partial charge in [0.2, 0.25) is 5.95 Å². The van der Waals surface area contributed by atoms with E-state index in [1.807, 2.05) is 45.9 Å². The number of amides is 2. The zero-order valence-electron chi connectivity index (χ0n) is 22.2. The largest absolute Gasteiger partial charge is 0.354 e. The summed E-state index contributed by atoms with van der Waals surface area (Å²) in [6.07, 6.45) is 0.323. The van der Waals surface area contributed by atoms with E-state index in [9.17, 15) is 14.4 Å². The molecule has 0 bridgehead atoms. The van der Waals surface area contributed by atoms with Crippen molar-refractivity contribution in [2.75, 3.05) is 7.05 Å². The summed E-state index contributed by atoms with van der Waals surface area (Å²) in [5.74, 6) is -0.0730. The smallest absolute Gasteiger partial charge is 0.271 e. The number of carbonyl (C=O) groups is 2. The van der Waals surface area contributed by atoms with Crippen molar-refractivity contribution in [1.29, 1.82) is 0 Å². The average Bonchev–Trinajstić information content (AvgIpc) is 3.26. The first-order valence-corrected chi connectivity index (χ1v) is 13.2. The van der Waals surface area contributed by atoms with Crippen molar-refractivity contribution in [1.82, 2.24) is 39.7 Å². The van der Waals surface area contributed by atoms with E-state index in [1.165, 1.54) is 17.7 Å². The lowest BCUT2D eigenvalue weighted by Gasteiger charge is -2.34. The van der Waals surface area contributed by atoms with Crippen molar-refractivity contribution in [3.05, 3.63) is 90.7 Å². The number of benzene rings is 1. The monoisotopic (exact) mass is 590 g/mol. The molecule has 4 aromatic rings. The van der Waals surface area contributed by atoms with Gasteiger partial charge < -0.3 is 10.2 Å². The maximum Gasteiger partial charge on any atom is 0.271 e. The van der Waals surface area contributed by atoms with E-state index in [0.29, 0.717) is 23.2 Å². The first kappa shape index (κ1) is 26.4. The number of rotatable bonds is 4. The van der Waals surface area contributed by atoms with Crippen LogP contribution < -0.4 is 10.9 Å². The minimum absolute atomic E-state index is 0.124. The van der Waals surface area contributed by atoms with Crippen LogP contribution in [-0.2, 0) is 13.0 Å². The van der Waals surface area contributed by atoms with Crippen LogP contribution in [0.2, 0.25) is 0 Å². The Bertz CT molecular complexity index is 1680. The first-order valence-electron chi connectivity index (χ1n) is 12.4. The summed E-state index contributed by atoms with van der Waals surface area (Å²) < 4.78 is 3.87. The van der Waals surface area contributed by atoms with Crippen LogP contribution >= 0.6 is 15.9 Å². The van der Waals surface area contributed by atoms with Crippen LogP contribution in [-0.4, -0.2) is 59.3 Å². The van der Waals surface area contributed by atoms with Gasteiger partial charge in [0.15, 0.2) is 11.5 Å². The molecule has 3 aromatic heterocycles. The number of nitrogens with one attached hydrogen (secondary N) is 1. The number of aryl methyl sites for hydroxylation is 3. The van der Waals surface area contributed by atoms with Gasteiger partial charge in [-0.25, -0.2) is 14.2 Å². The summed E-state index contributed by atoms with van der Waals surface area (Å²) in [5.41, 5.74) is 3.87. The molecule has 5 rings (SSSR count). The van der Waals surface area contributed by atoms with Gasteiger partial charge in [-0.1, -0.05) is 15.9 Å². The van der Waals surface area contributed by atoms with Crippen LogP contribution in [0.15, 0.2) is 45.7 Å². The van der Waals surface area contributed by atoms with Crippen molar-refractivity contribution in [2.45, 2.75) is 46.7 Å². The second-order valence-electron chi connectivity index (χ2n) is 9.62. The number of hydrogen-bond acceptors (Lipinski definition) is 7. The number of hydrogen-bond donors (Lipinski definition) is 1. The average molecular weight is 591 g/mol. The molecule has 0 unspecified atom stereocenters. The van der Waals surface area contributed by atoms with E-state index in [4.69, 9.17) is 4.98 Å². The molecule has 2 amide bonds. The lowest BCUT2D eigenvalue weighted by Crippen LogP contribution is -2.46. The fraction of sp³-hybridized carbons (Fsp3) is 0.296. The molecule has 0 fully saturated rings. The van der Waals surface area contributed by atoms with Crippen LogP contribution in [0.1, 0.15) is 56.0 Å². The maximum atomic E-state index is 14.0. The molecule has 1 aromatic carbocycles. The number of halogens is 1. The molecule has 200 valence electrons. The molecule has 11 nitrogen and oxygen atoms in total. The zero-order valence-corrected chi connectivity index (χ0v) is 23.8. The predicted molar refractivity (Wildman–Crippen MR) is 147 cm³/mol. The Kier molecular flexibility index (Phi) is 6.89. The van der Waals surface area contributed by atoms with E-state index in [-0.39, 0.29) is 47.4 Å². The van der Waals surface area contributed by atoms with Crippen LogP contribution in [0.4, 0.5) is 0 Å². The highest BCUT2D eigenvalue weighted by atomic mass is 79.9. The molecule has 0 spiro atoms. The Morgan fingerprint density at radius 1 is 1.08 bits per heavy atom. The molecule has 1 atom stereocenters. The second kappa shape index (κ2) is 10.2. The van der Waals surface area contributed by atoms with E-state index < -0.39 is 0 Å². The van der Waals surface area contributed by atoms with Gasteiger partial charge in [0, 0.05) is 34.4 Å². The van der Waals surface area contributed by atoms with Gasteiger partial charge in [-0.15, -0.1) is 10.2 Å². The van der Waals surface area contributed by atoms with Crippen molar-refractivity contribution >= 4 is 27.7 Å². The van der Waals surface area contributed by atoms with Gasteiger partial charge in [-0.3, -0.25) is 14.4 Å². The lowest BCUT2D eigenvalue weighted by molar-refractivity contribution is 0.0652. The Labute approximate surface area is 233 Å². The Hall–Kier alpha value is -4.19. The van der Waals surface area contributed by atoms with Crippen LogP contribution in [0, 0.1) is 20.8 Å². The molecule has 1 N–H and O–H groups in total. The number of nitrogens with zero attached hydrogens (tertiary/aromatic N) is 7. The zero-order chi connectivity index (χ0) is 28.0. The first-order chi connectivity index (χ1) is 18.6. The summed E-state index contributed by atoms with van der Waals surface area (Å²) in [6.45, 7) is 7.75. The molecule has 0 aliphatic carbocycles. The quantitative estimate of drug-likeness (QED) is 0.387. The molecular weight excluding hydrogens is 564 g/mol. The molecule has 1 aliphatic heterocycles. The lowest BCUT2D eigenvalue weighted by atomic mass is 9.98. The van der Waals surface area contributed by atoms with Crippen molar-refractivity contribution < 1.29 is 9.59 Å². The fourth-order valence-electron chi connectivity index (χ4n) is 4.74. The van der Waals surface area contributed by atoms with Crippen molar-refractivity contribution in [3.63, 3.8) is 0 Å². The molecule has 12 heteroatoms. The third-order valence-corrected chi connectivity index (χ3v) is 7.69. The fourth-order valence-corrected chi connectivity index (χ4v) is 4.98. The Balaban J connectivity index is 1.64. The summed E-state index contributed by atoms with van der Waals surface area (Å²) in [4.78, 5) is 46.1. The Morgan fingerprint density at radius 3 is 2.46 bits per heavy atom. The van der Waals surface area contributed by atoms with Crippen LogP contribution in [0.3, 0.4) is 0 Å². The van der Waals surface area contributed by atoms with Gasteiger partial charge in [-0.05, 0) is 76.1 Å². The van der Waals surface area contributed by atoms with E-state index in [2.05, 4.69) is 36.5 Å². The minimum Gasteiger partial charge on any atom is -0.354 e. The Morgan fingerprint density at radius 2 is 1.85 bits per heavy atom. The highest BCUT2D eigenvalue weighted by molar-refractivity contribution is 9.10. The number of aromatic nitrogens is 6. The van der Waals surface area contributed by atoms with E-state index >= 15 is 0 Å². The highest BCUT2D eigenvalue weighted by Crippen LogP contribution is 2.25. The molecular formula is C27H27BrN8O3. The number of fused-ring (bicyclic) bond motifs is 1. The summed E-state index contributed by atoms with van der Waals surface area (Å²) in [6, 6.07) is 10.2. The van der Waals surface area contributed by atoms with E-state index in [1.54, 1.807) is 21.7 Å². The second-order valence-corrected chi connectivity index (χ2v) is 10.5. The van der Waals surface area contributed by atoms with Gasteiger partial charge in [-0.2, -0.15) is 5.10 Å². The van der Waals surface area contributed by atoms with Crippen LogP contribution in [0.5, 0.6) is 0 Å². The summed E-state index contributed by atoms with van der Waals surface area (Å²) in [7, 11) is 1.50. The molecule has 39 heavy (non-hydrogen) atoms. The minimum atomic E-state index is -0.386. The topological polar surface area (TPSA) is 128 Å². The van der Waals surface area contributed by atoms with Gasteiger partial charge in [0.05, 0.1) is 17.9 Å². The van der Waals surface area contributed by atoms with E-state index in [0.717, 1.165) is 21.4 Å². The molecule has 1 aliphatic rings. The molecule has 0 saturated heterocycles.